The monoisotopic (exact) mass is 416 g/mol. The lowest BCUT2D eigenvalue weighted by molar-refractivity contribution is 0.355. The third kappa shape index (κ3) is 4.25. The first-order valence-electron chi connectivity index (χ1n) is 7.81. The molecule has 3 aromatic rings. The molecule has 3 rings (SSSR count). The van der Waals surface area contributed by atoms with Crippen LogP contribution < -0.4 is 9.47 Å². The molecule has 0 unspecified atom stereocenters. The predicted octanol–water partition coefficient (Wildman–Crippen LogP) is 6.20. The first kappa shape index (κ1) is 19.2. The van der Waals surface area contributed by atoms with Gasteiger partial charge < -0.3 is 9.47 Å². The van der Waals surface area contributed by atoms with Crippen molar-refractivity contribution in [3.63, 3.8) is 0 Å². The molecule has 0 saturated heterocycles. The Morgan fingerprint density at radius 1 is 1.15 bits per heavy atom. The molecule has 0 aliphatic carbocycles. The van der Waals surface area contributed by atoms with Crippen LogP contribution in [-0.2, 0) is 0 Å². The highest BCUT2D eigenvalue weighted by atomic mass is 35.5. The van der Waals surface area contributed by atoms with E-state index in [-0.39, 0.29) is 0 Å². The van der Waals surface area contributed by atoms with E-state index in [1.165, 1.54) is 25.6 Å². The molecule has 0 radical (unpaired) electrons. The summed E-state index contributed by atoms with van der Waals surface area (Å²) in [5.74, 6) is 0.948. The lowest BCUT2D eigenvalue weighted by atomic mass is 10.1. The van der Waals surface area contributed by atoms with Crippen LogP contribution in [-0.4, -0.2) is 19.2 Å². The minimum absolute atomic E-state index is 0.404. The molecule has 0 bridgehead atoms. The number of hydrogen-bond donors (Lipinski definition) is 0. The molecule has 136 valence electrons. The SMILES string of the molecule is COc1cc(/C=C(\C#N)c2nc(-c3ccc(Cl)cc3)cs2)cc(Cl)c1OC. The number of thiazole rings is 1. The van der Waals surface area contributed by atoms with Crippen LogP contribution in [0.5, 0.6) is 11.5 Å². The molecule has 7 heteroatoms. The van der Waals surface area contributed by atoms with Crippen molar-refractivity contribution in [3.05, 3.63) is 62.4 Å². The number of hydrogen-bond acceptors (Lipinski definition) is 5. The van der Waals surface area contributed by atoms with Crippen LogP contribution in [0.1, 0.15) is 10.6 Å². The van der Waals surface area contributed by atoms with Gasteiger partial charge in [-0.3, -0.25) is 0 Å². The highest BCUT2D eigenvalue weighted by Crippen LogP contribution is 2.37. The maximum absolute atomic E-state index is 9.60. The zero-order valence-corrected chi connectivity index (χ0v) is 16.8. The summed E-state index contributed by atoms with van der Waals surface area (Å²) in [6, 6.07) is 13.1. The quantitative estimate of drug-likeness (QED) is 0.464. The molecular formula is C20H14Cl2N2O2S. The van der Waals surface area contributed by atoms with Crippen LogP contribution in [0, 0.1) is 11.3 Å². The summed E-state index contributed by atoms with van der Waals surface area (Å²) in [6.45, 7) is 0. The van der Waals surface area contributed by atoms with Gasteiger partial charge in [-0.05, 0) is 35.9 Å². The van der Waals surface area contributed by atoms with Crippen LogP contribution in [0.4, 0.5) is 0 Å². The molecule has 4 nitrogen and oxygen atoms in total. The highest BCUT2D eigenvalue weighted by Gasteiger charge is 2.13. The second-order valence-corrected chi connectivity index (χ2v) is 7.15. The predicted molar refractivity (Wildman–Crippen MR) is 111 cm³/mol. The molecule has 0 spiro atoms. The van der Waals surface area contributed by atoms with Crippen LogP contribution >= 0.6 is 34.5 Å². The summed E-state index contributed by atoms with van der Waals surface area (Å²) in [4.78, 5) is 4.57. The Bertz CT molecular complexity index is 1040. The maximum Gasteiger partial charge on any atom is 0.179 e. The molecule has 0 saturated carbocycles. The highest BCUT2D eigenvalue weighted by molar-refractivity contribution is 7.11. The molecule has 0 aliphatic rings. The topological polar surface area (TPSA) is 55.1 Å². The van der Waals surface area contributed by atoms with Crippen LogP contribution in [0.3, 0.4) is 0 Å². The smallest absolute Gasteiger partial charge is 0.179 e. The summed E-state index contributed by atoms with van der Waals surface area (Å²) < 4.78 is 10.5. The molecule has 2 aromatic carbocycles. The fourth-order valence-corrected chi connectivity index (χ4v) is 3.70. The van der Waals surface area contributed by atoms with Crippen molar-refractivity contribution in [2.45, 2.75) is 0 Å². The minimum atomic E-state index is 0.404. The average molecular weight is 417 g/mol. The Balaban J connectivity index is 1.97. The largest absolute Gasteiger partial charge is 0.493 e. The summed E-state index contributed by atoms with van der Waals surface area (Å²) in [5, 5.41) is 13.2. The number of allylic oxidation sites excluding steroid dienone is 1. The first-order chi connectivity index (χ1) is 13.0. The van der Waals surface area contributed by atoms with Crippen molar-refractivity contribution in [2.75, 3.05) is 14.2 Å². The van der Waals surface area contributed by atoms with Gasteiger partial charge in [0.2, 0.25) is 0 Å². The van der Waals surface area contributed by atoms with Crippen molar-refractivity contribution in [1.29, 1.82) is 5.26 Å². The number of methoxy groups -OCH3 is 2. The standard InChI is InChI=1S/C20H14Cl2N2O2S/c1-25-18-9-12(8-16(22)19(18)26-2)7-14(10-23)20-24-17(11-27-20)13-3-5-15(21)6-4-13/h3-9,11H,1-2H3/b14-7+. The van der Waals surface area contributed by atoms with Gasteiger partial charge >= 0.3 is 0 Å². The Morgan fingerprint density at radius 2 is 1.89 bits per heavy atom. The van der Waals surface area contributed by atoms with Crippen LogP contribution in [0.25, 0.3) is 22.9 Å². The Morgan fingerprint density at radius 3 is 2.52 bits per heavy atom. The normalized spacial score (nSPS) is 11.1. The van der Waals surface area contributed by atoms with Gasteiger partial charge in [-0.1, -0.05) is 35.3 Å². The number of benzene rings is 2. The van der Waals surface area contributed by atoms with E-state index in [1.807, 2.05) is 29.6 Å². The first-order valence-corrected chi connectivity index (χ1v) is 9.44. The summed E-state index contributed by atoms with van der Waals surface area (Å²) in [5.41, 5.74) is 2.88. The molecule has 1 heterocycles. The number of nitriles is 1. The van der Waals surface area contributed by atoms with E-state index in [0.29, 0.717) is 32.1 Å². The van der Waals surface area contributed by atoms with Gasteiger partial charge in [0.05, 0.1) is 30.5 Å². The van der Waals surface area contributed by atoms with Crippen molar-refractivity contribution in [2.24, 2.45) is 0 Å². The van der Waals surface area contributed by atoms with Gasteiger partial charge in [0, 0.05) is 16.0 Å². The third-order valence-electron chi connectivity index (χ3n) is 3.76. The second kappa shape index (κ2) is 8.45. The van der Waals surface area contributed by atoms with Gasteiger partial charge in [-0.2, -0.15) is 5.26 Å². The summed E-state index contributed by atoms with van der Waals surface area (Å²) in [7, 11) is 3.06. The molecule has 1 aromatic heterocycles. The van der Waals surface area contributed by atoms with Crippen molar-refractivity contribution < 1.29 is 9.47 Å². The second-order valence-electron chi connectivity index (χ2n) is 5.45. The number of nitrogens with zero attached hydrogens (tertiary/aromatic N) is 2. The number of rotatable bonds is 5. The van der Waals surface area contributed by atoms with Gasteiger partial charge in [0.25, 0.3) is 0 Å². The maximum atomic E-state index is 9.60. The average Bonchev–Trinajstić information content (AvgIpc) is 3.16. The summed E-state index contributed by atoms with van der Waals surface area (Å²) >= 11 is 13.6. The summed E-state index contributed by atoms with van der Waals surface area (Å²) in [6.07, 6.45) is 1.72. The Labute approximate surface area is 171 Å². The Hall–Kier alpha value is -2.52. The van der Waals surface area contributed by atoms with Gasteiger partial charge in [0.1, 0.15) is 11.1 Å². The molecular weight excluding hydrogens is 403 g/mol. The molecule has 0 fully saturated rings. The lowest BCUT2D eigenvalue weighted by Crippen LogP contribution is -1.92. The van der Waals surface area contributed by atoms with E-state index in [1.54, 1.807) is 18.2 Å². The van der Waals surface area contributed by atoms with E-state index < -0.39 is 0 Å². The number of ether oxygens (including phenoxy) is 2. The van der Waals surface area contributed by atoms with E-state index in [2.05, 4.69) is 11.1 Å². The lowest BCUT2D eigenvalue weighted by Gasteiger charge is -2.10. The molecule has 27 heavy (non-hydrogen) atoms. The van der Waals surface area contributed by atoms with E-state index in [0.717, 1.165) is 16.8 Å². The zero-order valence-electron chi connectivity index (χ0n) is 14.5. The minimum Gasteiger partial charge on any atom is -0.493 e. The fraction of sp³-hybridized carbons (Fsp3) is 0.100. The van der Waals surface area contributed by atoms with Crippen molar-refractivity contribution in [1.82, 2.24) is 4.98 Å². The molecule has 0 N–H and O–H groups in total. The van der Waals surface area contributed by atoms with E-state index in [9.17, 15) is 5.26 Å². The Kier molecular flexibility index (Phi) is 6.02. The third-order valence-corrected chi connectivity index (χ3v) is 5.17. The van der Waals surface area contributed by atoms with Crippen LogP contribution in [0.15, 0.2) is 41.8 Å². The molecule has 0 atom stereocenters. The van der Waals surface area contributed by atoms with Crippen molar-refractivity contribution >= 4 is 46.2 Å². The van der Waals surface area contributed by atoms with Crippen LogP contribution in [0.2, 0.25) is 10.0 Å². The van der Waals surface area contributed by atoms with Gasteiger partial charge in [-0.25, -0.2) is 4.98 Å². The number of aromatic nitrogens is 1. The van der Waals surface area contributed by atoms with E-state index in [4.69, 9.17) is 32.7 Å². The molecule has 0 aliphatic heterocycles. The van der Waals surface area contributed by atoms with Gasteiger partial charge in [-0.15, -0.1) is 11.3 Å². The van der Waals surface area contributed by atoms with Crippen molar-refractivity contribution in [3.8, 4) is 28.8 Å². The fourth-order valence-electron chi connectivity index (χ4n) is 2.48. The van der Waals surface area contributed by atoms with Gasteiger partial charge in [0.15, 0.2) is 11.5 Å². The molecule has 0 amide bonds. The number of halogens is 2. The zero-order chi connectivity index (χ0) is 19.4. The van der Waals surface area contributed by atoms with E-state index >= 15 is 0 Å².